The van der Waals surface area contributed by atoms with Gasteiger partial charge in [0, 0.05) is 29.9 Å². The highest BCUT2D eigenvalue weighted by Gasteiger charge is 2.20. The summed E-state index contributed by atoms with van der Waals surface area (Å²) in [6.07, 6.45) is 1.64. The third kappa shape index (κ3) is 4.08. The van der Waals surface area contributed by atoms with Crippen molar-refractivity contribution in [3.63, 3.8) is 0 Å². The van der Waals surface area contributed by atoms with Crippen LogP contribution in [-0.2, 0) is 0 Å². The van der Waals surface area contributed by atoms with Crippen LogP contribution in [0, 0.1) is 22.9 Å². The molecule has 1 amide bonds. The van der Waals surface area contributed by atoms with Gasteiger partial charge in [-0.1, -0.05) is 0 Å². The van der Waals surface area contributed by atoms with Crippen LogP contribution in [0.4, 0.5) is 15.8 Å². The van der Waals surface area contributed by atoms with Crippen LogP contribution in [0.5, 0.6) is 0 Å². The monoisotopic (exact) mass is 397 g/mol. The van der Waals surface area contributed by atoms with Crippen molar-refractivity contribution in [2.75, 3.05) is 12.4 Å². The molecule has 3 aromatic rings. The second kappa shape index (κ2) is 8.09. The summed E-state index contributed by atoms with van der Waals surface area (Å²) in [7, 11) is 1.58. The van der Waals surface area contributed by atoms with Crippen LogP contribution in [0.15, 0.2) is 48.7 Å². The molecule has 0 aliphatic heterocycles. The first-order valence-corrected chi connectivity index (χ1v) is 8.89. The fourth-order valence-corrected chi connectivity index (χ4v) is 3.08. The number of hydrogen-bond acceptors (Lipinski definition) is 5. The van der Waals surface area contributed by atoms with E-state index in [2.05, 4.69) is 15.7 Å². The van der Waals surface area contributed by atoms with E-state index in [1.165, 1.54) is 30.3 Å². The molecule has 3 rings (SSSR count). The van der Waals surface area contributed by atoms with Crippen molar-refractivity contribution in [2.45, 2.75) is 19.9 Å². The van der Waals surface area contributed by atoms with Crippen molar-refractivity contribution in [1.82, 2.24) is 15.1 Å². The fourth-order valence-electron chi connectivity index (χ4n) is 3.08. The van der Waals surface area contributed by atoms with E-state index in [-0.39, 0.29) is 23.1 Å². The Morgan fingerprint density at radius 3 is 2.55 bits per heavy atom. The average Bonchev–Trinajstić information content (AvgIpc) is 3.09. The van der Waals surface area contributed by atoms with Crippen LogP contribution in [0.1, 0.15) is 34.6 Å². The first-order chi connectivity index (χ1) is 13.8. The summed E-state index contributed by atoms with van der Waals surface area (Å²) >= 11 is 0. The summed E-state index contributed by atoms with van der Waals surface area (Å²) in [6.45, 7) is 3.65. The predicted molar refractivity (Wildman–Crippen MR) is 107 cm³/mol. The molecule has 9 heteroatoms. The summed E-state index contributed by atoms with van der Waals surface area (Å²) in [6, 6.07) is 9.80. The molecule has 1 atom stereocenters. The van der Waals surface area contributed by atoms with Crippen LogP contribution in [0.25, 0.3) is 5.69 Å². The molecule has 1 aromatic heterocycles. The van der Waals surface area contributed by atoms with Crippen molar-refractivity contribution >= 4 is 17.3 Å². The SMILES string of the molecule is CNc1ccc(C(=O)N[C@H](C)c2cnn(-c3ccc(F)cc3)c2C)cc1[N+](=O)[O-]. The molecule has 8 nitrogen and oxygen atoms in total. The number of aromatic nitrogens is 2. The highest BCUT2D eigenvalue weighted by Crippen LogP contribution is 2.26. The van der Waals surface area contributed by atoms with Crippen molar-refractivity contribution in [2.24, 2.45) is 0 Å². The molecule has 0 radical (unpaired) electrons. The lowest BCUT2D eigenvalue weighted by Crippen LogP contribution is -2.27. The van der Waals surface area contributed by atoms with E-state index in [1.807, 2.05) is 6.92 Å². The smallest absolute Gasteiger partial charge is 0.293 e. The highest BCUT2D eigenvalue weighted by atomic mass is 19.1. The van der Waals surface area contributed by atoms with E-state index in [1.54, 1.807) is 37.0 Å². The lowest BCUT2D eigenvalue weighted by molar-refractivity contribution is -0.384. The average molecular weight is 397 g/mol. The fraction of sp³-hybridized carbons (Fsp3) is 0.200. The third-order valence-electron chi connectivity index (χ3n) is 4.66. The maximum Gasteiger partial charge on any atom is 0.293 e. The number of nitrogens with one attached hydrogen (secondary N) is 2. The van der Waals surface area contributed by atoms with Crippen molar-refractivity contribution in [1.29, 1.82) is 0 Å². The van der Waals surface area contributed by atoms with E-state index >= 15 is 0 Å². The van der Waals surface area contributed by atoms with Crippen LogP contribution < -0.4 is 10.6 Å². The predicted octanol–water partition coefficient (Wildman–Crippen LogP) is 3.76. The number of anilines is 1. The van der Waals surface area contributed by atoms with Crippen LogP contribution in [0.3, 0.4) is 0 Å². The number of halogens is 1. The Kier molecular flexibility index (Phi) is 5.58. The minimum atomic E-state index is -0.539. The molecule has 0 spiro atoms. The van der Waals surface area contributed by atoms with E-state index < -0.39 is 10.8 Å². The number of carbonyl (C=O) groups excluding carboxylic acids is 1. The van der Waals surface area contributed by atoms with Gasteiger partial charge in [0.15, 0.2) is 0 Å². The molecule has 2 N–H and O–H groups in total. The van der Waals surface area contributed by atoms with Gasteiger partial charge in [0.2, 0.25) is 0 Å². The van der Waals surface area contributed by atoms with Gasteiger partial charge >= 0.3 is 0 Å². The van der Waals surface area contributed by atoms with Crippen molar-refractivity contribution < 1.29 is 14.1 Å². The number of nitro benzene ring substituents is 1. The number of hydrogen-bond donors (Lipinski definition) is 2. The van der Waals surface area contributed by atoms with E-state index in [4.69, 9.17) is 0 Å². The molecule has 0 unspecified atom stereocenters. The summed E-state index contributed by atoms with van der Waals surface area (Å²) in [5.41, 5.74) is 2.62. The lowest BCUT2D eigenvalue weighted by atomic mass is 10.1. The molecular weight excluding hydrogens is 377 g/mol. The van der Waals surface area contributed by atoms with Gasteiger partial charge in [0.25, 0.3) is 11.6 Å². The number of amides is 1. The van der Waals surface area contributed by atoms with Gasteiger partial charge in [0.1, 0.15) is 11.5 Å². The van der Waals surface area contributed by atoms with Crippen LogP contribution in [0.2, 0.25) is 0 Å². The van der Waals surface area contributed by atoms with Crippen molar-refractivity contribution in [3.8, 4) is 5.69 Å². The number of carbonyl (C=O) groups is 1. The third-order valence-corrected chi connectivity index (χ3v) is 4.66. The van der Waals surface area contributed by atoms with E-state index in [9.17, 15) is 19.3 Å². The second-order valence-corrected chi connectivity index (χ2v) is 6.51. The Morgan fingerprint density at radius 1 is 1.24 bits per heavy atom. The van der Waals surface area contributed by atoms with Gasteiger partial charge < -0.3 is 10.6 Å². The molecule has 0 saturated carbocycles. The van der Waals surface area contributed by atoms with Gasteiger partial charge in [0.05, 0.1) is 22.8 Å². The molecule has 0 saturated heterocycles. The molecule has 0 aliphatic carbocycles. The summed E-state index contributed by atoms with van der Waals surface area (Å²) in [4.78, 5) is 23.3. The second-order valence-electron chi connectivity index (χ2n) is 6.51. The zero-order valence-electron chi connectivity index (χ0n) is 16.1. The largest absolute Gasteiger partial charge is 0.383 e. The highest BCUT2D eigenvalue weighted by molar-refractivity contribution is 5.96. The topological polar surface area (TPSA) is 102 Å². The quantitative estimate of drug-likeness (QED) is 0.487. The summed E-state index contributed by atoms with van der Waals surface area (Å²) in [5.74, 6) is -0.769. The zero-order valence-corrected chi connectivity index (χ0v) is 16.1. The molecule has 1 heterocycles. The number of nitro groups is 1. The Labute approximate surface area is 166 Å². The maximum atomic E-state index is 13.1. The molecule has 29 heavy (non-hydrogen) atoms. The summed E-state index contributed by atoms with van der Waals surface area (Å²) in [5, 5.41) is 21.1. The Hall–Kier alpha value is -3.75. The molecule has 2 aromatic carbocycles. The number of nitrogens with zero attached hydrogens (tertiary/aromatic N) is 3. The standard InChI is InChI=1S/C20H20FN5O3/c1-12(17-11-23-25(13(17)2)16-7-5-15(21)6-8-16)24-20(27)14-4-9-18(22-3)19(10-14)26(28)29/h4-12,22H,1-3H3,(H,24,27)/t12-/m1/s1. The minimum Gasteiger partial charge on any atom is -0.383 e. The maximum absolute atomic E-state index is 13.1. The van der Waals surface area contributed by atoms with Gasteiger partial charge in [-0.2, -0.15) is 5.10 Å². The Morgan fingerprint density at radius 2 is 1.93 bits per heavy atom. The Balaban J connectivity index is 1.81. The number of rotatable bonds is 6. The number of benzene rings is 2. The van der Waals surface area contributed by atoms with Gasteiger partial charge in [-0.05, 0) is 50.2 Å². The van der Waals surface area contributed by atoms with E-state index in [0.717, 1.165) is 11.3 Å². The lowest BCUT2D eigenvalue weighted by Gasteiger charge is -2.14. The molecule has 0 aliphatic rings. The van der Waals surface area contributed by atoms with Gasteiger partial charge in [-0.3, -0.25) is 14.9 Å². The van der Waals surface area contributed by atoms with E-state index in [0.29, 0.717) is 11.4 Å². The molecule has 0 fully saturated rings. The van der Waals surface area contributed by atoms with Crippen molar-refractivity contribution in [3.05, 3.63) is 81.4 Å². The first-order valence-electron chi connectivity index (χ1n) is 8.89. The van der Waals surface area contributed by atoms with Gasteiger partial charge in [-0.15, -0.1) is 0 Å². The summed E-state index contributed by atoms with van der Waals surface area (Å²) < 4.78 is 14.8. The normalized spacial score (nSPS) is 11.7. The Bertz CT molecular complexity index is 1060. The zero-order chi connectivity index (χ0) is 21.1. The van der Waals surface area contributed by atoms with Gasteiger partial charge in [-0.25, -0.2) is 9.07 Å². The minimum absolute atomic E-state index is 0.173. The van der Waals surface area contributed by atoms with Crippen LogP contribution in [-0.4, -0.2) is 27.7 Å². The first kappa shape index (κ1) is 20.0. The molecule has 0 bridgehead atoms. The molecule has 150 valence electrons. The van der Waals surface area contributed by atoms with Crippen LogP contribution >= 0.6 is 0 Å². The molecular formula is C20H20FN5O3.